The van der Waals surface area contributed by atoms with Gasteiger partial charge < -0.3 is 10.4 Å². The van der Waals surface area contributed by atoms with Crippen molar-refractivity contribution < 1.29 is 10.1 Å². The van der Waals surface area contributed by atoms with Gasteiger partial charge in [0.15, 0.2) is 11.4 Å². The second-order valence-electron chi connectivity index (χ2n) is 6.37. The number of phenols is 1. The predicted molar refractivity (Wildman–Crippen MR) is 106 cm³/mol. The van der Waals surface area contributed by atoms with Crippen molar-refractivity contribution in [2.75, 3.05) is 5.32 Å². The molecule has 3 aromatic heterocycles. The summed E-state index contributed by atoms with van der Waals surface area (Å²) in [5, 5.41) is 17.6. The molecule has 26 heavy (non-hydrogen) atoms. The Bertz CT molecular complexity index is 1060. The van der Waals surface area contributed by atoms with Gasteiger partial charge in [-0.15, -0.1) is 11.3 Å². The van der Waals surface area contributed by atoms with E-state index in [0.29, 0.717) is 0 Å². The van der Waals surface area contributed by atoms with Crippen LogP contribution in [-0.2, 0) is 0 Å². The number of fused-ring (bicyclic) bond motifs is 1. The van der Waals surface area contributed by atoms with E-state index < -0.39 is 0 Å². The average molecular weight is 362 g/mol. The van der Waals surface area contributed by atoms with Gasteiger partial charge >= 0.3 is 0 Å². The minimum atomic E-state index is -0.178. The molecule has 130 valence electrons. The molecule has 1 unspecified atom stereocenters. The number of hydrogen-bond donors (Lipinski definition) is 2. The number of hydrogen-bond acceptors (Lipinski definition) is 4. The van der Waals surface area contributed by atoms with Crippen LogP contribution in [0.15, 0.2) is 60.1 Å². The maximum atomic E-state index is 11.0. The summed E-state index contributed by atoms with van der Waals surface area (Å²) in [4.78, 5) is 8.85. The SMILES string of the molecule is Cc1ccc2ccc(C(Nc3ccccn3)c3sccc3C)c(O)c2[nH+]1. The summed E-state index contributed by atoms with van der Waals surface area (Å²) in [6.07, 6.45) is 1.76. The minimum absolute atomic E-state index is 0.178. The molecule has 3 heterocycles. The van der Waals surface area contributed by atoms with Crippen LogP contribution in [0.3, 0.4) is 0 Å². The molecular weight excluding hydrogens is 342 g/mol. The summed E-state index contributed by atoms with van der Waals surface area (Å²) in [6, 6.07) is 15.7. The minimum Gasteiger partial charge on any atom is -0.502 e. The highest BCUT2D eigenvalue weighted by atomic mass is 32.1. The van der Waals surface area contributed by atoms with Gasteiger partial charge in [-0.1, -0.05) is 12.1 Å². The van der Waals surface area contributed by atoms with Crippen molar-refractivity contribution in [1.82, 2.24) is 4.98 Å². The van der Waals surface area contributed by atoms with Crippen LogP contribution in [0.1, 0.15) is 27.7 Å². The molecule has 4 nitrogen and oxygen atoms in total. The third-order valence-electron chi connectivity index (χ3n) is 4.51. The maximum absolute atomic E-state index is 11.0. The van der Waals surface area contributed by atoms with Crippen molar-refractivity contribution >= 4 is 28.1 Å². The van der Waals surface area contributed by atoms with E-state index in [1.165, 1.54) is 5.56 Å². The molecule has 4 rings (SSSR count). The third kappa shape index (κ3) is 3.02. The summed E-state index contributed by atoms with van der Waals surface area (Å²) in [5.74, 6) is 1.05. The first kappa shape index (κ1) is 16.5. The molecule has 0 radical (unpaired) electrons. The van der Waals surface area contributed by atoms with Gasteiger partial charge in [0.25, 0.3) is 5.52 Å². The van der Waals surface area contributed by atoms with Gasteiger partial charge in [-0.05, 0) is 48.2 Å². The van der Waals surface area contributed by atoms with Crippen LogP contribution in [0.5, 0.6) is 5.75 Å². The molecule has 4 aromatic rings. The molecule has 0 amide bonds. The molecule has 0 spiro atoms. The Balaban J connectivity index is 1.87. The fourth-order valence-electron chi connectivity index (χ4n) is 3.14. The van der Waals surface area contributed by atoms with Crippen molar-refractivity contribution in [3.05, 3.63) is 81.8 Å². The molecule has 0 aliphatic carbocycles. The third-order valence-corrected chi connectivity index (χ3v) is 5.59. The van der Waals surface area contributed by atoms with Crippen molar-refractivity contribution in [3.63, 3.8) is 0 Å². The van der Waals surface area contributed by atoms with Crippen LogP contribution in [0.4, 0.5) is 5.82 Å². The van der Waals surface area contributed by atoms with Gasteiger partial charge in [0, 0.05) is 29.6 Å². The van der Waals surface area contributed by atoms with E-state index in [9.17, 15) is 5.11 Å². The lowest BCUT2D eigenvalue weighted by molar-refractivity contribution is -0.355. The molecule has 1 atom stereocenters. The fraction of sp³-hybridized carbons (Fsp3) is 0.143. The van der Waals surface area contributed by atoms with Gasteiger partial charge in [0.1, 0.15) is 5.82 Å². The summed E-state index contributed by atoms with van der Waals surface area (Å²) in [6.45, 7) is 4.08. The number of H-pyrrole nitrogens is 1. The normalized spacial score (nSPS) is 12.2. The lowest BCUT2D eigenvalue weighted by atomic mass is 9.99. The number of aromatic nitrogens is 2. The molecule has 0 aliphatic heterocycles. The Kier molecular flexibility index (Phi) is 4.31. The van der Waals surface area contributed by atoms with E-state index in [1.54, 1.807) is 17.5 Å². The standard InChI is InChI=1S/C21H19N3OS/c1-13-10-12-26-21(13)19(24-17-5-3-4-11-22-17)16-9-8-15-7-6-14(2)23-18(15)20(16)25/h3-12,19,25H,1-2H3,(H,22,24)/p+1. The lowest BCUT2D eigenvalue weighted by Gasteiger charge is -2.20. The second kappa shape index (κ2) is 6.77. The van der Waals surface area contributed by atoms with E-state index in [2.05, 4.69) is 33.7 Å². The quantitative estimate of drug-likeness (QED) is 0.556. The number of nitrogens with zero attached hydrogens (tertiary/aromatic N) is 1. The molecule has 0 aliphatic rings. The highest BCUT2D eigenvalue weighted by Gasteiger charge is 2.24. The Morgan fingerprint density at radius 2 is 1.92 bits per heavy atom. The zero-order chi connectivity index (χ0) is 18.1. The summed E-state index contributed by atoms with van der Waals surface area (Å²) >= 11 is 1.68. The number of nitrogens with one attached hydrogen (secondary N) is 2. The monoisotopic (exact) mass is 362 g/mol. The Labute approximate surface area is 156 Å². The van der Waals surface area contributed by atoms with Gasteiger partial charge in [-0.2, -0.15) is 0 Å². The number of aromatic hydroxyl groups is 1. The van der Waals surface area contributed by atoms with Crippen LogP contribution in [-0.4, -0.2) is 10.1 Å². The number of thiophene rings is 1. The molecule has 5 heteroatoms. The first-order chi connectivity index (χ1) is 12.6. The Morgan fingerprint density at radius 1 is 1.08 bits per heavy atom. The molecule has 1 aromatic carbocycles. The van der Waals surface area contributed by atoms with Crippen LogP contribution in [0.2, 0.25) is 0 Å². The molecule has 0 saturated carbocycles. The molecule has 3 N–H and O–H groups in total. The largest absolute Gasteiger partial charge is 0.502 e. The summed E-state index contributed by atoms with van der Waals surface area (Å²) in [7, 11) is 0. The molecule has 0 fully saturated rings. The second-order valence-corrected chi connectivity index (χ2v) is 7.32. The van der Waals surface area contributed by atoms with Gasteiger partial charge in [-0.3, -0.25) is 0 Å². The number of rotatable bonds is 4. The zero-order valence-corrected chi connectivity index (χ0v) is 15.5. The number of benzene rings is 1. The van der Waals surface area contributed by atoms with Crippen molar-refractivity contribution in [2.24, 2.45) is 0 Å². The summed E-state index contributed by atoms with van der Waals surface area (Å²) in [5.41, 5.74) is 3.78. The van der Waals surface area contributed by atoms with Gasteiger partial charge in [0.2, 0.25) is 0 Å². The van der Waals surface area contributed by atoms with Crippen LogP contribution in [0.25, 0.3) is 10.9 Å². The van der Waals surface area contributed by atoms with Gasteiger partial charge in [-0.25, -0.2) is 9.97 Å². The highest BCUT2D eigenvalue weighted by molar-refractivity contribution is 7.10. The van der Waals surface area contributed by atoms with Gasteiger partial charge in [0.05, 0.1) is 11.4 Å². The number of phenolic OH excluding ortho intramolecular Hbond substituents is 1. The molecule has 0 bridgehead atoms. The topological polar surface area (TPSA) is 59.3 Å². The van der Waals surface area contributed by atoms with Crippen LogP contribution < -0.4 is 10.3 Å². The number of aryl methyl sites for hydroxylation is 2. The van der Waals surface area contributed by atoms with Crippen LogP contribution >= 0.6 is 11.3 Å². The molecular formula is C21H20N3OS+. The molecule has 0 saturated heterocycles. The number of anilines is 1. The zero-order valence-electron chi connectivity index (χ0n) is 14.7. The fourth-order valence-corrected chi connectivity index (χ4v) is 4.14. The number of aromatic amines is 1. The lowest BCUT2D eigenvalue weighted by Crippen LogP contribution is -2.15. The Hall–Kier alpha value is -2.92. The van der Waals surface area contributed by atoms with E-state index >= 15 is 0 Å². The van der Waals surface area contributed by atoms with Crippen LogP contribution in [0, 0.1) is 13.8 Å². The summed E-state index contributed by atoms with van der Waals surface area (Å²) < 4.78 is 0. The number of pyridine rings is 2. The van der Waals surface area contributed by atoms with Crippen molar-refractivity contribution in [2.45, 2.75) is 19.9 Å². The Morgan fingerprint density at radius 3 is 2.65 bits per heavy atom. The van der Waals surface area contributed by atoms with Crippen molar-refractivity contribution in [1.29, 1.82) is 0 Å². The predicted octanol–water partition coefficient (Wildman–Crippen LogP) is 4.63. The first-order valence-corrected chi connectivity index (χ1v) is 9.37. The average Bonchev–Trinajstić information content (AvgIpc) is 3.08. The highest BCUT2D eigenvalue weighted by Crippen LogP contribution is 2.38. The first-order valence-electron chi connectivity index (χ1n) is 8.49. The maximum Gasteiger partial charge on any atom is 0.253 e. The van der Waals surface area contributed by atoms with E-state index in [-0.39, 0.29) is 11.8 Å². The smallest absolute Gasteiger partial charge is 0.253 e. The van der Waals surface area contributed by atoms with E-state index in [4.69, 9.17) is 0 Å². The van der Waals surface area contributed by atoms with E-state index in [1.807, 2.05) is 49.4 Å². The van der Waals surface area contributed by atoms with E-state index in [0.717, 1.165) is 32.9 Å². The van der Waals surface area contributed by atoms with Crippen molar-refractivity contribution in [3.8, 4) is 5.75 Å².